The lowest BCUT2D eigenvalue weighted by molar-refractivity contribution is 0.0636. The van der Waals surface area contributed by atoms with Gasteiger partial charge in [-0.05, 0) is 63.9 Å². The van der Waals surface area contributed by atoms with Crippen molar-refractivity contribution in [2.75, 3.05) is 5.32 Å². The standard InChI is InChI=1S/C23H26N4O3/c1-13-7-8-24-21(25-13)18-11-17(18)19-9-14(12-28)16-6-5-15(10-20(16)27-19)26-22(29)30-23(2,3)4/h5-10,17-18,28H,11-12H2,1-4H3,(H,26,29). The quantitative estimate of drug-likeness (QED) is 0.665. The van der Waals surface area contributed by atoms with Crippen molar-refractivity contribution in [2.24, 2.45) is 0 Å². The number of carbonyl (C=O) groups excluding carboxylic acids is 1. The lowest BCUT2D eigenvalue weighted by Gasteiger charge is -2.19. The van der Waals surface area contributed by atoms with E-state index in [4.69, 9.17) is 9.72 Å². The van der Waals surface area contributed by atoms with Crippen LogP contribution in [-0.2, 0) is 11.3 Å². The number of benzene rings is 1. The highest BCUT2D eigenvalue weighted by Gasteiger charge is 2.43. The van der Waals surface area contributed by atoms with E-state index in [2.05, 4.69) is 15.3 Å². The first kappa shape index (κ1) is 20.2. The predicted molar refractivity (Wildman–Crippen MR) is 114 cm³/mol. The second-order valence-corrected chi connectivity index (χ2v) is 8.73. The summed E-state index contributed by atoms with van der Waals surface area (Å²) in [5.41, 5.74) is 3.42. The molecule has 0 spiro atoms. The number of nitrogens with one attached hydrogen (secondary N) is 1. The number of hydrogen-bond acceptors (Lipinski definition) is 6. The van der Waals surface area contributed by atoms with Gasteiger partial charge in [-0.2, -0.15) is 0 Å². The van der Waals surface area contributed by atoms with Crippen molar-refractivity contribution in [1.82, 2.24) is 15.0 Å². The molecule has 2 aromatic heterocycles. The van der Waals surface area contributed by atoms with Gasteiger partial charge in [-0.3, -0.25) is 10.3 Å². The second-order valence-electron chi connectivity index (χ2n) is 8.73. The molecule has 1 saturated carbocycles. The minimum atomic E-state index is -0.574. The van der Waals surface area contributed by atoms with E-state index in [9.17, 15) is 9.90 Å². The lowest BCUT2D eigenvalue weighted by Crippen LogP contribution is -2.27. The van der Waals surface area contributed by atoms with E-state index in [1.165, 1.54) is 0 Å². The smallest absolute Gasteiger partial charge is 0.412 e. The van der Waals surface area contributed by atoms with Gasteiger partial charge in [-0.25, -0.2) is 14.8 Å². The zero-order chi connectivity index (χ0) is 21.5. The highest BCUT2D eigenvalue weighted by atomic mass is 16.6. The zero-order valence-electron chi connectivity index (χ0n) is 17.6. The summed E-state index contributed by atoms with van der Waals surface area (Å²) in [7, 11) is 0. The molecule has 3 aromatic rings. The predicted octanol–water partition coefficient (Wildman–Crippen LogP) is 4.44. The number of carbonyl (C=O) groups is 1. The van der Waals surface area contributed by atoms with Gasteiger partial charge in [0.15, 0.2) is 0 Å². The Balaban J connectivity index is 1.61. The average molecular weight is 406 g/mol. The summed E-state index contributed by atoms with van der Waals surface area (Å²) in [5.74, 6) is 1.31. The van der Waals surface area contributed by atoms with Crippen LogP contribution in [0.25, 0.3) is 10.9 Å². The van der Waals surface area contributed by atoms with Crippen molar-refractivity contribution in [3.05, 3.63) is 59.3 Å². The molecule has 1 aromatic carbocycles. The SMILES string of the molecule is Cc1ccnc(C2CC2c2cc(CO)c3ccc(NC(=O)OC(C)(C)C)cc3n2)n1. The van der Waals surface area contributed by atoms with E-state index < -0.39 is 11.7 Å². The van der Waals surface area contributed by atoms with Crippen LogP contribution in [0, 0.1) is 6.92 Å². The van der Waals surface area contributed by atoms with Gasteiger partial charge < -0.3 is 9.84 Å². The number of fused-ring (bicyclic) bond motifs is 1. The number of anilines is 1. The van der Waals surface area contributed by atoms with E-state index in [1.807, 2.05) is 52.0 Å². The van der Waals surface area contributed by atoms with Crippen LogP contribution in [0.2, 0.25) is 0 Å². The molecule has 1 aliphatic carbocycles. The van der Waals surface area contributed by atoms with Crippen molar-refractivity contribution >= 4 is 22.7 Å². The number of aliphatic hydroxyl groups is 1. The van der Waals surface area contributed by atoms with E-state index >= 15 is 0 Å². The molecule has 30 heavy (non-hydrogen) atoms. The molecule has 1 aliphatic rings. The number of ether oxygens (including phenoxy) is 1. The highest BCUT2D eigenvalue weighted by Crippen LogP contribution is 2.53. The maximum Gasteiger partial charge on any atom is 0.412 e. The molecule has 2 unspecified atom stereocenters. The van der Waals surface area contributed by atoms with Crippen molar-refractivity contribution in [3.8, 4) is 0 Å². The van der Waals surface area contributed by atoms with Crippen LogP contribution in [0.5, 0.6) is 0 Å². The molecule has 4 rings (SSSR count). The van der Waals surface area contributed by atoms with Crippen molar-refractivity contribution in [1.29, 1.82) is 0 Å². The molecule has 2 atom stereocenters. The molecule has 0 saturated heterocycles. The van der Waals surface area contributed by atoms with Gasteiger partial charge in [-0.1, -0.05) is 6.07 Å². The number of aromatic nitrogens is 3. The van der Waals surface area contributed by atoms with Crippen LogP contribution in [-0.4, -0.2) is 31.8 Å². The van der Waals surface area contributed by atoms with Crippen molar-refractivity contribution < 1.29 is 14.6 Å². The first-order chi connectivity index (χ1) is 14.2. The molecular weight excluding hydrogens is 380 g/mol. The molecule has 0 radical (unpaired) electrons. The average Bonchev–Trinajstić information content (AvgIpc) is 3.46. The second kappa shape index (κ2) is 7.65. The topological polar surface area (TPSA) is 97.2 Å². The van der Waals surface area contributed by atoms with Gasteiger partial charge in [-0.15, -0.1) is 0 Å². The molecule has 0 aliphatic heterocycles. The van der Waals surface area contributed by atoms with E-state index in [0.29, 0.717) is 5.69 Å². The Morgan fingerprint density at radius 3 is 2.70 bits per heavy atom. The summed E-state index contributed by atoms with van der Waals surface area (Å²) >= 11 is 0. The van der Waals surface area contributed by atoms with Gasteiger partial charge in [0.25, 0.3) is 0 Å². The fourth-order valence-electron chi connectivity index (χ4n) is 3.60. The largest absolute Gasteiger partial charge is 0.444 e. The first-order valence-electron chi connectivity index (χ1n) is 10.1. The zero-order valence-corrected chi connectivity index (χ0v) is 17.6. The van der Waals surface area contributed by atoms with Crippen LogP contribution in [0.3, 0.4) is 0 Å². The van der Waals surface area contributed by atoms with Crippen LogP contribution in [0.4, 0.5) is 10.5 Å². The Hall–Kier alpha value is -3.06. The molecule has 0 bridgehead atoms. The fourth-order valence-corrected chi connectivity index (χ4v) is 3.60. The minimum absolute atomic E-state index is 0.0802. The number of hydrogen-bond donors (Lipinski definition) is 2. The lowest BCUT2D eigenvalue weighted by atomic mass is 10.1. The third-order valence-electron chi connectivity index (χ3n) is 5.05. The Morgan fingerprint density at radius 1 is 1.20 bits per heavy atom. The number of pyridine rings is 1. The highest BCUT2D eigenvalue weighted by molar-refractivity contribution is 5.91. The first-order valence-corrected chi connectivity index (χ1v) is 10.1. The molecule has 7 nitrogen and oxygen atoms in total. The summed E-state index contributed by atoms with van der Waals surface area (Å²) in [4.78, 5) is 25.9. The molecule has 2 N–H and O–H groups in total. The van der Waals surface area contributed by atoms with Crippen LogP contribution in [0.1, 0.15) is 61.8 Å². The summed E-state index contributed by atoms with van der Waals surface area (Å²) in [6.07, 6.45) is 2.20. The Morgan fingerprint density at radius 2 is 2.00 bits per heavy atom. The maximum absolute atomic E-state index is 12.1. The van der Waals surface area contributed by atoms with Gasteiger partial charge in [0.2, 0.25) is 0 Å². The number of aliphatic hydroxyl groups excluding tert-OH is 1. The summed E-state index contributed by atoms with van der Waals surface area (Å²) in [6.45, 7) is 7.33. The third kappa shape index (κ3) is 4.41. The molecular formula is C23H26N4O3. The molecule has 1 amide bonds. The van der Waals surface area contributed by atoms with Crippen LogP contribution in [0.15, 0.2) is 36.5 Å². The maximum atomic E-state index is 12.1. The van der Waals surface area contributed by atoms with Crippen LogP contribution < -0.4 is 5.32 Å². The molecule has 1 fully saturated rings. The van der Waals surface area contributed by atoms with Gasteiger partial charge in [0.05, 0.1) is 12.1 Å². The number of amides is 1. The van der Waals surface area contributed by atoms with Gasteiger partial charge in [0.1, 0.15) is 11.4 Å². The molecule has 7 heteroatoms. The van der Waals surface area contributed by atoms with E-state index in [-0.39, 0.29) is 18.4 Å². The monoisotopic (exact) mass is 406 g/mol. The number of rotatable bonds is 4. The third-order valence-corrected chi connectivity index (χ3v) is 5.05. The number of nitrogens with zero attached hydrogens (tertiary/aromatic N) is 3. The molecule has 156 valence electrons. The van der Waals surface area contributed by atoms with Crippen molar-refractivity contribution in [2.45, 2.75) is 58.2 Å². The molecule has 2 heterocycles. The summed E-state index contributed by atoms with van der Waals surface area (Å²) in [5, 5.41) is 13.5. The van der Waals surface area contributed by atoms with E-state index in [0.717, 1.165) is 40.1 Å². The van der Waals surface area contributed by atoms with Crippen molar-refractivity contribution in [3.63, 3.8) is 0 Å². The van der Waals surface area contributed by atoms with E-state index in [1.54, 1.807) is 12.3 Å². The number of aryl methyl sites for hydroxylation is 1. The fraction of sp³-hybridized carbons (Fsp3) is 0.391. The normalized spacial score (nSPS) is 18.3. The Labute approximate surface area is 175 Å². The summed E-state index contributed by atoms with van der Waals surface area (Å²) < 4.78 is 5.32. The van der Waals surface area contributed by atoms with Gasteiger partial charge >= 0.3 is 6.09 Å². The van der Waals surface area contributed by atoms with Crippen LogP contribution >= 0.6 is 0 Å². The van der Waals surface area contributed by atoms with Gasteiger partial charge in [0, 0.05) is 40.5 Å². The Bertz CT molecular complexity index is 1110. The minimum Gasteiger partial charge on any atom is -0.444 e. The summed E-state index contributed by atoms with van der Waals surface area (Å²) in [6, 6.07) is 9.30. The Kier molecular flexibility index (Phi) is 5.15.